The summed E-state index contributed by atoms with van der Waals surface area (Å²) >= 11 is 0. The van der Waals surface area contributed by atoms with Gasteiger partial charge < -0.3 is 10.1 Å². The molecule has 1 N–H and O–H groups in total. The third-order valence-corrected chi connectivity index (χ3v) is 3.15. The van der Waals surface area contributed by atoms with Gasteiger partial charge in [-0.3, -0.25) is 10.1 Å². The Kier molecular flexibility index (Phi) is 5.24. The van der Waals surface area contributed by atoms with Crippen LogP contribution in [0.15, 0.2) is 43.2 Å². The number of hydrogen-bond acceptors (Lipinski definition) is 6. The van der Waals surface area contributed by atoms with Crippen LogP contribution in [0.1, 0.15) is 25.3 Å². The fourth-order valence-corrected chi connectivity index (χ4v) is 1.93. The molecule has 23 heavy (non-hydrogen) atoms. The number of hydrogen-bond donors (Lipinski definition) is 1. The van der Waals surface area contributed by atoms with Crippen LogP contribution in [0.4, 0.5) is 11.5 Å². The number of ether oxygens (including phenoxy) is 1. The van der Waals surface area contributed by atoms with E-state index in [0.29, 0.717) is 18.2 Å². The lowest BCUT2D eigenvalue weighted by Gasteiger charge is -2.09. The van der Waals surface area contributed by atoms with Crippen molar-refractivity contribution in [3.63, 3.8) is 0 Å². The molecule has 120 valence electrons. The summed E-state index contributed by atoms with van der Waals surface area (Å²) in [7, 11) is 0. The summed E-state index contributed by atoms with van der Waals surface area (Å²) in [5.74, 6) is 0.866. The summed E-state index contributed by atoms with van der Waals surface area (Å²) in [6.45, 7) is 8.08. The highest BCUT2D eigenvalue weighted by molar-refractivity contribution is 5.62. The lowest BCUT2D eigenvalue weighted by Crippen LogP contribution is -2.06. The Balaban J connectivity index is 2.31. The van der Waals surface area contributed by atoms with Crippen LogP contribution in [0.25, 0.3) is 0 Å². The van der Waals surface area contributed by atoms with E-state index in [1.807, 2.05) is 12.1 Å². The molecule has 0 bridgehead atoms. The van der Waals surface area contributed by atoms with Crippen molar-refractivity contribution in [1.82, 2.24) is 9.97 Å². The second kappa shape index (κ2) is 7.35. The number of anilines is 1. The first-order valence-corrected chi connectivity index (χ1v) is 7.15. The Bertz CT molecular complexity index is 699. The second-order valence-electron chi connectivity index (χ2n) is 5.13. The Labute approximate surface area is 134 Å². The first kappa shape index (κ1) is 16.4. The van der Waals surface area contributed by atoms with Crippen molar-refractivity contribution in [2.24, 2.45) is 0 Å². The van der Waals surface area contributed by atoms with Crippen LogP contribution in [0.5, 0.6) is 11.6 Å². The molecular weight excluding hydrogens is 296 g/mol. The average molecular weight is 314 g/mol. The van der Waals surface area contributed by atoms with Gasteiger partial charge in [-0.05, 0) is 23.6 Å². The van der Waals surface area contributed by atoms with Crippen LogP contribution in [0.3, 0.4) is 0 Å². The molecule has 2 rings (SSSR count). The summed E-state index contributed by atoms with van der Waals surface area (Å²) in [6.07, 6.45) is 2.80. The van der Waals surface area contributed by atoms with Crippen molar-refractivity contribution < 1.29 is 9.66 Å². The number of nitro groups is 1. The molecule has 1 aromatic heterocycles. The highest BCUT2D eigenvalue weighted by Crippen LogP contribution is 2.34. The number of nitrogens with one attached hydrogen (secondary N) is 1. The van der Waals surface area contributed by atoms with Gasteiger partial charge in [0.2, 0.25) is 5.82 Å². The molecular formula is C16H18N4O3. The van der Waals surface area contributed by atoms with Crippen LogP contribution >= 0.6 is 0 Å². The Morgan fingerprint density at radius 3 is 2.61 bits per heavy atom. The summed E-state index contributed by atoms with van der Waals surface area (Å²) in [5.41, 5.74) is 0.852. The second-order valence-corrected chi connectivity index (χ2v) is 5.13. The Morgan fingerprint density at radius 2 is 2.04 bits per heavy atom. The minimum Gasteiger partial charge on any atom is -0.434 e. The van der Waals surface area contributed by atoms with Crippen LogP contribution in [0.2, 0.25) is 0 Å². The monoisotopic (exact) mass is 314 g/mol. The fraction of sp³-hybridized carbons (Fsp3) is 0.250. The van der Waals surface area contributed by atoms with E-state index in [1.165, 1.54) is 6.33 Å². The molecule has 0 fully saturated rings. The molecule has 0 atom stereocenters. The van der Waals surface area contributed by atoms with Crippen molar-refractivity contribution in [2.45, 2.75) is 19.8 Å². The molecule has 0 spiro atoms. The Hall–Kier alpha value is -2.96. The van der Waals surface area contributed by atoms with E-state index in [2.05, 4.69) is 35.7 Å². The van der Waals surface area contributed by atoms with E-state index in [0.717, 1.165) is 5.56 Å². The standard InChI is InChI=1S/C16H18N4O3/c1-4-9-17-15-14(20(21)22)16(19-10-18-15)23-13-7-5-12(6-8-13)11(2)3/h4-8,10-11H,1,9H2,2-3H3,(H,17,18,19). The lowest BCUT2D eigenvalue weighted by molar-refractivity contribution is -0.385. The van der Waals surface area contributed by atoms with Crippen molar-refractivity contribution >= 4 is 11.5 Å². The van der Waals surface area contributed by atoms with Gasteiger partial charge in [0.25, 0.3) is 0 Å². The number of aromatic nitrogens is 2. The Morgan fingerprint density at radius 1 is 1.35 bits per heavy atom. The first-order chi connectivity index (χ1) is 11.0. The zero-order valence-corrected chi connectivity index (χ0v) is 13.0. The van der Waals surface area contributed by atoms with Crippen LogP contribution in [-0.4, -0.2) is 21.4 Å². The maximum atomic E-state index is 11.3. The molecule has 0 aliphatic rings. The molecule has 0 saturated heterocycles. The summed E-state index contributed by atoms with van der Waals surface area (Å²) in [5, 5.41) is 14.1. The van der Waals surface area contributed by atoms with Gasteiger partial charge in [-0.15, -0.1) is 6.58 Å². The smallest absolute Gasteiger partial charge is 0.373 e. The predicted molar refractivity (Wildman–Crippen MR) is 88.0 cm³/mol. The van der Waals surface area contributed by atoms with E-state index >= 15 is 0 Å². The van der Waals surface area contributed by atoms with Crippen molar-refractivity contribution in [2.75, 3.05) is 11.9 Å². The SMILES string of the molecule is C=CCNc1ncnc(Oc2ccc(C(C)C)cc2)c1[N+](=O)[O-]. The molecule has 7 heteroatoms. The maximum absolute atomic E-state index is 11.3. The molecule has 0 aliphatic heterocycles. The van der Waals surface area contributed by atoms with Crippen molar-refractivity contribution in [3.05, 3.63) is 58.9 Å². The van der Waals surface area contributed by atoms with Gasteiger partial charge in [-0.1, -0.05) is 32.1 Å². The van der Waals surface area contributed by atoms with E-state index in [-0.39, 0.29) is 17.4 Å². The van der Waals surface area contributed by atoms with Gasteiger partial charge in [-0.2, -0.15) is 4.98 Å². The topological polar surface area (TPSA) is 90.2 Å². The van der Waals surface area contributed by atoms with Crippen molar-refractivity contribution in [1.29, 1.82) is 0 Å². The lowest BCUT2D eigenvalue weighted by atomic mass is 10.0. The van der Waals surface area contributed by atoms with Crippen LogP contribution < -0.4 is 10.1 Å². The summed E-state index contributed by atoms with van der Waals surface area (Å²) < 4.78 is 5.57. The maximum Gasteiger partial charge on any atom is 0.373 e. The normalized spacial score (nSPS) is 10.4. The molecule has 0 unspecified atom stereocenters. The van der Waals surface area contributed by atoms with Gasteiger partial charge in [-0.25, -0.2) is 4.98 Å². The van der Waals surface area contributed by atoms with E-state index < -0.39 is 4.92 Å². The number of rotatable bonds is 7. The van der Waals surface area contributed by atoms with Crippen molar-refractivity contribution in [3.8, 4) is 11.6 Å². The third-order valence-electron chi connectivity index (χ3n) is 3.15. The molecule has 0 amide bonds. The van der Waals surface area contributed by atoms with E-state index in [1.54, 1.807) is 18.2 Å². The largest absolute Gasteiger partial charge is 0.434 e. The van der Waals surface area contributed by atoms with E-state index in [4.69, 9.17) is 4.74 Å². The summed E-state index contributed by atoms with van der Waals surface area (Å²) in [6, 6.07) is 7.36. The summed E-state index contributed by atoms with van der Waals surface area (Å²) in [4.78, 5) is 18.5. The number of nitrogens with zero attached hydrogens (tertiary/aromatic N) is 3. The molecule has 0 saturated carbocycles. The highest BCUT2D eigenvalue weighted by Gasteiger charge is 2.24. The molecule has 2 aromatic rings. The van der Waals surface area contributed by atoms with Gasteiger partial charge in [0, 0.05) is 6.54 Å². The van der Waals surface area contributed by atoms with E-state index in [9.17, 15) is 10.1 Å². The molecule has 7 nitrogen and oxygen atoms in total. The quantitative estimate of drug-likeness (QED) is 0.473. The highest BCUT2D eigenvalue weighted by atomic mass is 16.6. The minimum atomic E-state index is -0.566. The zero-order chi connectivity index (χ0) is 16.8. The predicted octanol–water partition coefficient (Wildman–Crippen LogP) is 3.90. The van der Waals surface area contributed by atoms with Crippen LogP contribution in [-0.2, 0) is 0 Å². The van der Waals surface area contributed by atoms with Gasteiger partial charge in [0.1, 0.15) is 12.1 Å². The van der Waals surface area contributed by atoms with Crippen LogP contribution in [0, 0.1) is 10.1 Å². The fourth-order valence-electron chi connectivity index (χ4n) is 1.93. The molecule has 0 aliphatic carbocycles. The van der Waals surface area contributed by atoms with Gasteiger partial charge in [0.05, 0.1) is 4.92 Å². The average Bonchev–Trinajstić information content (AvgIpc) is 2.53. The molecule has 1 aromatic carbocycles. The first-order valence-electron chi connectivity index (χ1n) is 7.15. The van der Waals surface area contributed by atoms with Gasteiger partial charge >= 0.3 is 11.6 Å². The zero-order valence-electron chi connectivity index (χ0n) is 13.0. The molecule has 1 heterocycles. The molecule has 0 radical (unpaired) electrons. The number of benzene rings is 1. The minimum absolute atomic E-state index is 0.0960. The third kappa shape index (κ3) is 4.03. The van der Waals surface area contributed by atoms with Gasteiger partial charge in [0.15, 0.2) is 0 Å².